The van der Waals surface area contributed by atoms with Crippen molar-refractivity contribution in [2.75, 3.05) is 49.7 Å². The van der Waals surface area contributed by atoms with E-state index in [1.165, 1.54) is 17.3 Å². The molecule has 2 amide bonds. The highest BCUT2D eigenvalue weighted by molar-refractivity contribution is 8.18. The lowest BCUT2D eigenvalue weighted by Gasteiger charge is -2.28. The lowest BCUT2D eigenvalue weighted by atomic mass is 10.1. The summed E-state index contributed by atoms with van der Waals surface area (Å²) in [6, 6.07) is 21.2. The summed E-state index contributed by atoms with van der Waals surface area (Å²) in [7, 11) is 0. The number of benzene rings is 3. The third kappa shape index (κ3) is 7.17. The Balaban J connectivity index is 1.23. The van der Waals surface area contributed by atoms with E-state index in [0.717, 1.165) is 54.5 Å². The minimum atomic E-state index is -0.240. The molecule has 5 rings (SSSR count). The maximum atomic E-state index is 13.2. The third-order valence-electron chi connectivity index (χ3n) is 6.97. The minimum absolute atomic E-state index is 0.0831. The van der Waals surface area contributed by atoms with Crippen molar-refractivity contribution in [3.8, 4) is 5.75 Å². The maximum Gasteiger partial charge on any atom is 0.266 e. The van der Waals surface area contributed by atoms with Crippen LogP contribution >= 0.6 is 11.8 Å². The van der Waals surface area contributed by atoms with Crippen LogP contribution in [0.2, 0.25) is 0 Å². The molecule has 2 heterocycles. The van der Waals surface area contributed by atoms with E-state index < -0.39 is 0 Å². The number of aliphatic imine (C=N–C) groups is 1. The van der Waals surface area contributed by atoms with Crippen molar-refractivity contribution in [1.82, 2.24) is 4.90 Å². The number of hydrogen-bond donors (Lipinski definition) is 1. The topological polar surface area (TPSA) is 83.5 Å². The van der Waals surface area contributed by atoms with Crippen LogP contribution in [0.3, 0.4) is 0 Å². The molecule has 0 atom stereocenters. The molecule has 9 heteroatoms. The number of carbonyl (C=O) groups is 2. The number of nitrogens with zero attached hydrogens (tertiary/aromatic N) is 3. The summed E-state index contributed by atoms with van der Waals surface area (Å²) in [5.41, 5.74) is 5.77. The first-order chi connectivity index (χ1) is 19.9. The molecule has 41 heavy (non-hydrogen) atoms. The molecular weight excluding hydrogens is 536 g/mol. The van der Waals surface area contributed by atoms with Crippen molar-refractivity contribution < 1.29 is 19.1 Å². The summed E-state index contributed by atoms with van der Waals surface area (Å²) in [4.78, 5) is 34.9. The average Bonchev–Trinajstić information content (AvgIpc) is 3.28. The molecule has 1 N–H and O–H groups in total. The molecule has 0 aromatic heterocycles. The zero-order chi connectivity index (χ0) is 28.8. The van der Waals surface area contributed by atoms with Gasteiger partial charge in [0.1, 0.15) is 5.75 Å². The number of carbonyl (C=O) groups excluding carboxylic acids is 2. The molecule has 0 unspecified atom stereocenters. The molecular formula is C32H34N4O4S. The second kappa shape index (κ2) is 13.1. The molecule has 0 aliphatic carbocycles. The van der Waals surface area contributed by atoms with Crippen molar-refractivity contribution in [2.45, 2.75) is 20.8 Å². The number of nitrogens with one attached hydrogen (secondary N) is 1. The number of morpholine rings is 1. The summed E-state index contributed by atoms with van der Waals surface area (Å²) in [6.07, 6.45) is 1.84. The Kier molecular flexibility index (Phi) is 9.06. The fraction of sp³-hybridized carbons (Fsp3) is 0.281. The van der Waals surface area contributed by atoms with E-state index in [4.69, 9.17) is 14.5 Å². The summed E-state index contributed by atoms with van der Waals surface area (Å²) >= 11 is 1.36. The van der Waals surface area contributed by atoms with Gasteiger partial charge in [0.2, 0.25) is 0 Å². The molecule has 0 spiro atoms. The van der Waals surface area contributed by atoms with Crippen molar-refractivity contribution in [3.05, 3.63) is 88.3 Å². The van der Waals surface area contributed by atoms with Crippen molar-refractivity contribution >= 4 is 51.9 Å². The van der Waals surface area contributed by atoms with Crippen LogP contribution in [0.25, 0.3) is 6.08 Å². The largest absolute Gasteiger partial charge is 0.484 e. The van der Waals surface area contributed by atoms with E-state index in [1.54, 1.807) is 11.0 Å². The SMILES string of the molecule is CCN1C(=O)/C(=C/c2cccc(OCC(=O)Nc3ccc(C)c(C)c3)c2)SC1=Nc1ccc(N2CCOCC2)cc1. The number of amidine groups is 1. The lowest BCUT2D eigenvalue weighted by Crippen LogP contribution is -2.36. The highest BCUT2D eigenvalue weighted by atomic mass is 32.2. The predicted molar refractivity (Wildman–Crippen MR) is 166 cm³/mol. The minimum Gasteiger partial charge on any atom is -0.484 e. The van der Waals surface area contributed by atoms with E-state index >= 15 is 0 Å². The number of ether oxygens (including phenoxy) is 2. The van der Waals surface area contributed by atoms with Gasteiger partial charge >= 0.3 is 0 Å². The Morgan fingerprint density at radius 3 is 2.56 bits per heavy atom. The molecule has 0 saturated carbocycles. The molecule has 2 saturated heterocycles. The highest BCUT2D eigenvalue weighted by Crippen LogP contribution is 2.34. The Labute approximate surface area is 245 Å². The Morgan fingerprint density at radius 1 is 1.05 bits per heavy atom. The summed E-state index contributed by atoms with van der Waals surface area (Å²) in [6.45, 7) is 9.61. The van der Waals surface area contributed by atoms with Crippen LogP contribution in [0.15, 0.2) is 76.6 Å². The van der Waals surface area contributed by atoms with Crippen molar-refractivity contribution in [1.29, 1.82) is 0 Å². The lowest BCUT2D eigenvalue weighted by molar-refractivity contribution is -0.122. The Bertz CT molecular complexity index is 1480. The van der Waals surface area contributed by atoms with Gasteiger partial charge in [-0.15, -0.1) is 0 Å². The molecule has 2 aliphatic heterocycles. The maximum absolute atomic E-state index is 13.2. The molecule has 8 nitrogen and oxygen atoms in total. The molecule has 3 aromatic rings. The zero-order valence-electron chi connectivity index (χ0n) is 23.6. The molecule has 3 aromatic carbocycles. The molecule has 2 aliphatic rings. The second-order valence-electron chi connectivity index (χ2n) is 9.88. The average molecular weight is 571 g/mol. The van der Waals surface area contributed by atoms with E-state index in [-0.39, 0.29) is 18.4 Å². The summed E-state index contributed by atoms with van der Waals surface area (Å²) in [5.74, 6) is 0.225. The number of thioether (sulfide) groups is 1. The first kappa shape index (κ1) is 28.4. The number of anilines is 2. The Morgan fingerprint density at radius 2 is 1.83 bits per heavy atom. The monoisotopic (exact) mass is 570 g/mol. The van der Waals surface area contributed by atoms with Gasteiger partial charge in [-0.05, 0) is 104 Å². The van der Waals surface area contributed by atoms with Gasteiger partial charge in [-0.3, -0.25) is 14.5 Å². The van der Waals surface area contributed by atoms with Gasteiger partial charge < -0.3 is 19.7 Å². The Hall–Kier alpha value is -4.08. The van der Waals surface area contributed by atoms with Crippen LogP contribution in [-0.2, 0) is 14.3 Å². The summed E-state index contributed by atoms with van der Waals surface area (Å²) in [5, 5.41) is 3.52. The van der Waals surface area contributed by atoms with Crippen LogP contribution < -0.4 is 15.0 Å². The second-order valence-corrected chi connectivity index (χ2v) is 10.9. The van der Waals surface area contributed by atoms with E-state index in [0.29, 0.717) is 22.4 Å². The van der Waals surface area contributed by atoms with Crippen LogP contribution in [0.5, 0.6) is 5.75 Å². The van der Waals surface area contributed by atoms with Crippen LogP contribution in [0.4, 0.5) is 17.1 Å². The predicted octanol–water partition coefficient (Wildman–Crippen LogP) is 5.78. The number of likely N-dealkylation sites (N-methyl/N-ethyl adjacent to an activating group) is 1. The first-order valence-electron chi connectivity index (χ1n) is 13.7. The van der Waals surface area contributed by atoms with Crippen LogP contribution in [0.1, 0.15) is 23.6 Å². The number of aryl methyl sites for hydroxylation is 2. The van der Waals surface area contributed by atoms with E-state index in [2.05, 4.69) is 22.3 Å². The number of rotatable bonds is 8. The first-order valence-corrected chi connectivity index (χ1v) is 14.5. The normalized spacial score (nSPS) is 17.4. The van der Waals surface area contributed by atoms with E-state index in [9.17, 15) is 9.59 Å². The standard InChI is InChI=1S/C32H34N4O4S/c1-4-36-31(38)29(41-32(36)34-25-10-12-27(13-11-25)35-14-16-39-17-15-35)20-24-6-5-7-28(19-24)40-21-30(37)33-26-9-8-22(2)23(3)18-26/h5-13,18-20H,4,14-17,21H2,1-3H3,(H,33,37)/b29-20-,34-32?. The van der Waals surface area contributed by atoms with Crippen LogP contribution in [0, 0.1) is 13.8 Å². The molecule has 0 radical (unpaired) electrons. The number of hydrogen-bond acceptors (Lipinski definition) is 7. The third-order valence-corrected chi connectivity index (χ3v) is 7.98. The molecule has 0 bridgehead atoms. The summed E-state index contributed by atoms with van der Waals surface area (Å²) < 4.78 is 11.2. The highest BCUT2D eigenvalue weighted by Gasteiger charge is 2.32. The smallest absolute Gasteiger partial charge is 0.266 e. The number of amides is 2. The van der Waals surface area contributed by atoms with Crippen LogP contribution in [-0.4, -0.2) is 61.3 Å². The van der Waals surface area contributed by atoms with Crippen molar-refractivity contribution in [2.24, 2.45) is 4.99 Å². The van der Waals surface area contributed by atoms with Crippen molar-refractivity contribution in [3.63, 3.8) is 0 Å². The van der Waals surface area contributed by atoms with Gasteiger partial charge in [0.05, 0.1) is 23.8 Å². The molecule has 212 valence electrons. The fourth-order valence-corrected chi connectivity index (χ4v) is 5.61. The zero-order valence-corrected chi connectivity index (χ0v) is 24.4. The molecule has 2 fully saturated rings. The van der Waals surface area contributed by atoms with E-state index in [1.807, 2.05) is 75.4 Å². The van der Waals surface area contributed by atoms with Gasteiger partial charge in [-0.1, -0.05) is 18.2 Å². The van der Waals surface area contributed by atoms with Gasteiger partial charge in [-0.25, -0.2) is 4.99 Å². The quantitative estimate of drug-likeness (QED) is 0.346. The fourth-order valence-electron chi connectivity index (χ4n) is 4.55. The van der Waals surface area contributed by atoms with Gasteiger partial charge in [0, 0.05) is 31.0 Å². The van der Waals surface area contributed by atoms with Gasteiger partial charge in [0.15, 0.2) is 11.8 Å². The van der Waals surface area contributed by atoms with Gasteiger partial charge in [0.25, 0.3) is 11.8 Å². The van der Waals surface area contributed by atoms with Gasteiger partial charge in [-0.2, -0.15) is 0 Å².